The summed E-state index contributed by atoms with van der Waals surface area (Å²) in [5.74, 6) is 0.816. The minimum atomic E-state index is 0.0639. The number of aliphatic hydroxyl groups excluding tert-OH is 1. The number of ether oxygens (including phenoxy) is 1. The highest BCUT2D eigenvalue weighted by Crippen LogP contribution is 2.33. The lowest BCUT2D eigenvalue weighted by atomic mass is 9.82. The minimum absolute atomic E-state index is 0.0639. The van der Waals surface area contributed by atoms with Gasteiger partial charge in [-0.05, 0) is 12.8 Å². The topological polar surface area (TPSA) is 32.7 Å². The van der Waals surface area contributed by atoms with Crippen LogP contribution in [-0.2, 0) is 4.74 Å². The lowest BCUT2D eigenvalue weighted by molar-refractivity contribution is -0.164. The summed E-state index contributed by atoms with van der Waals surface area (Å²) in [5.41, 5.74) is 0.0639. The van der Waals surface area contributed by atoms with Crippen molar-refractivity contribution in [2.45, 2.75) is 19.9 Å². The van der Waals surface area contributed by atoms with Crippen molar-refractivity contribution in [1.82, 2.24) is 4.90 Å². The minimum Gasteiger partial charge on any atom is -0.396 e. The molecule has 0 aromatic carbocycles. The third kappa shape index (κ3) is 1.49. The van der Waals surface area contributed by atoms with Gasteiger partial charge in [0.15, 0.2) is 0 Å². The van der Waals surface area contributed by atoms with E-state index < -0.39 is 0 Å². The first-order chi connectivity index (χ1) is 6.17. The molecule has 13 heavy (non-hydrogen) atoms. The Bertz CT molecular complexity index is 186. The third-order valence-electron chi connectivity index (χ3n) is 3.61. The van der Waals surface area contributed by atoms with Crippen molar-refractivity contribution in [3.63, 3.8) is 0 Å². The summed E-state index contributed by atoms with van der Waals surface area (Å²) < 4.78 is 5.17. The predicted molar refractivity (Wildman–Crippen MR) is 50.5 cm³/mol. The molecule has 0 spiro atoms. The molecule has 0 aromatic rings. The van der Waals surface area contributed by atoms with E-state index in [2.05, 4.69) is 18.7 Å². The van der Waals surface area contributed by atoms with Gasteiger partial charge in [-0.25, -0.2) is 0 Å². The van der Waals surface area contributed by atoms with E-state index in [1.165, 1.54) is 6.54 Å². The van der Waals surface area contributed by atoms with E-state index >= 15 is 0 Å². The van der Waals surface area contributed by atoms with Crippen LogP contribution in [0.5, 0.6) is 0 Å². The van der Waals surface area contributed by atoms with Crippen LogP contribution in [0.25, 0.3) is 0 Å². The molecule has 0 aromatic heterocycles. The molecule has 3 heteroatoms. The standard InChI is InChI=1S/C10H19NO2/c1-8-3-11(9(8)2)4-10(5-12)6-13-7-10/h8-9,12H,3-7H2,1-2H3. The van der Waals surface area contributed by atoms with Gasteiger partial charge in [0.05, 0.1) is 25.2 Å². The summed E-state index contributed by atoms with van der Waals surface area (Å²) in [6.45, 7) is 8.48. The van der Waals surface area contributed by atoms with E-state index in [4.69, 9.17) is 4.74 Å². The lowest BCUT2D eigenvalue weighted by Crippen LogP contribution is -2.61. The van der Waals surface area contributed by atoms with E-state index in [0.717, 1.165) is 25.7 Å². The van der Waals surface area contributed by atoms with E-state index in [1.54, 1.807) is 0 Å². The molecule has 2 unspecified atom stereocenters. The van der Waals surface area contributed by atoms with E-state index in [9.17, 15) is 5.11 Å². The van der Waals surface area contributed by atoms with Gasteiger partial charge in [0, 0.05) is 19.1 Å². The number of nitrogens with zero attached hydrogens (tertiary/aromatic N) is 1. The molecule has 2 aliphatic rings. The highest BCUT2D eigenvalue weighted by molar-refractivity contribution is 4.94. The summed E-state index contributed by atoms with van der Waals surface area (Å²) in [6.07, 6.45) is 0. The molecule has 1 N–H and O–H groups in total. The van der Waals surface area contributed by atoms with Gasteiger partial charge in [0.2, 0.25) is 0 Å². The molecule has 2 rings (SSSR count). The van der Waals surface area contributed by atoms with E-state index in [1.807, 2.05) is 0 Å². The molecule has 2 aliphatic heterocycles. The zero-order chi connectivity index (χ0) is 9.47. The Hall–Kier alpha value is -0.120. The Labute approximate surface area is 79.7 Å². The van der Waals surface area contributed by atoms with Crippen molar-refractivity contribution in [3.8, 4) is 0 Å². The fourth-order valence-corrected chi connectivity index (χ4v) is 2.17. The number of hydrogen-bond donors (Lipinski definition) is 1. The largest absolute Gasteiger partial charge is 0.396 e. The lowest BCUT2D eigenvalue weighted by Gasteiger charge is -2.51. The molecule has 0 saturated carbocycles. The number of likely N-dealkylation sites (tertiary alicyclic amines) is 1. The quantitative estimate of drug-likeness (QED) is 0.688. The van der Waals surface area contributed by atoms with Crippen LogP contribution >= 0.6 is 0 Å². The maximum atomic E-state index is 9.25. The molecule has 2 heterocycles. The van der Waals surface area contributed by atoms with Crippen molar-refractivity contribution in [2.24, 2.45) is 11.3 Å². The molecule has 3 nitrogen and oxygen atoms in total. The SMILES string of the molecule is CC1CN(CC2(CO)COC2)C1C. The van der Waals surface area contributed by atoms with Crippen LogP contribution in [0.4, 0.5) is 0 Å². The van der Waals surface area contributed by atoms with Crippen LogP contribution in [0.2, 0.25) is 0 Å². The van der Waals surface area contributed by atoms with Crippen molar-refractivity contribution < 1.29 is 9.84 Å². The van der Waals surface area contributed by atoms with Gasteiger partial charge in [0.1, 0.15) is 0 Å². The normalized spacial score (nSPS) is 38.1. The average molecular weight is 185 g/mol. The highest BCUT2D eigenvalue weighted by Gasteiger charge is 2.43. The molecule has 76 valence electrons. The van der Waals surface area contributed by atoms with Crippen molar-refractivity contribution in [2.75, 3.05) is 32.9 Å². The van der Waals surface area contributed by atoms with Crippen LogP contribution in [0.1, 0.15) is 13.8 Å². The molecule has 2 fully saturated rings. The van der Waals surface area contributed by atoms with Crippen LogP contribution < -0.4 is 0 Å². The second kappa shape index (κ2) is 3.23. The van der Waals surface area contributed by atoms with Crippen LogP contribution in [0, 0.1) is 11.3 Å². The van der Waals surface area contributed by atoms with Crippen molar-refractivity contribution in [1.29, 1.82) is 0 Å². The number of rotatable bonds is 3. The maximum absolute atomic E-state index is 9.25. The molecule has 0 amide bonds. The van der Waals surface area contributed by atoms with Gasteiger partial charge in [-0.15, -0.1) is 0 Å². The highest BCUT2D eigenvalue weighted by atomic mass is 16.5. The monoisotopic (exact) mass is 185 g/mol. The maximum Gasteiger partial charge on any atom is 0.0579 e. The first kappa shape index (κ1) is 9.44. The van der Waals surface area contributed by atoms with E-state index in [0.29, 0.717) is 6.04 Å². The third-order valence-corrected chi connectivity index (χ3v) is 3.61. The number of aliphatic hydroxyl groups is 1. The second-order valence-corrected chi connectivity index (χ2v) is 4.80. The van der Waals surface area contributed by atoms with Gasteiger partial charge in [-0.2, -0.15) is 0 Å². The fraction of sp³-hybridized carbons (Fsp3) is 1.00. The van der Waals surface area contributed by atoms with Gasteiger partial charge in [0.25, 0.3) is 0 Å². The summed E-state index contributed by atoms with van der Waals surface area (Å²) in [5, 5.41) is 9.25. The van der Waals surface area contributed by atoms with Gasteiger partial charge in [-0.3, -0.25) is 4.90 Å². The summed E-state index contributed by atoms with van der Waals surface area (Å²) >= 11 is 0. The van der Waals surface area contributed by atoms with Crippen LogP contribution in [-0.4, -0.2) is 49.0 Å². The molecular weight excluding hydrogens is 166 g/mol. The van der Waals surface area contributed by atoms with Gasteiger partial charge < -0.3 is 9.84 Å². The Kier molecular flexibility index (Phi) is 2.34. The molecular formula is C10H19NO2. The molecule has 0 bridgehead atoms. The molecule has 2 atom stereocenters. The Morgan fingerprint density at radius 2 is 2.15 bits per heavy atom. The fourth-order valence-electron chi connectivity index (χ4n) is 2.17. The van der Waals surface area contributed by atoms with Crippen LogP contribution in [0.3, 0.4) is 0 Å². The zero-order valence-electron chi connectivity index (χ0n) is 8.49. The predicted octanol–water partition coefficient (Wildman–Crippen LogP) is 0.335. The Balaban J connectivity index is 1.84. The van der Waals surface area contributed by atoms with Gasteiger partial charge >= 0.3 is 0 Å². The van der Waals surface area contributed by atoms with Crippen molar-refractivity contribution >= 4 is 0 Å². The summed E-state index contributed by atoms with van der Waals surface area (Å²) in [7, 11) is 0. The average Bonchev–Trinajstić information content (AvgIpc) is 2.09. The summed E-state index contributed by atoms with van der Waals surface area (Å²) in [6, 6.07) is 0.684. The van der Waals surface area contributed by atoms with E-state index in [-0.39, 0.29) is 12.0 Å². The molecule has 0 radical (unpaired) electrons. The van der Waals surface area contributed by atoms with Gasteiger partial charge in [-0.1, -0.05) is 6.92 Å². The first-order valence-corrected chi connectivity index (χ1v) is 5.09. The Morgan fingerprint density at radius 3 is 2.46 bits per heavy atom. The summed E-state index contributed by atoms with van der Waals surface area (Å²) in [4.78, 5) is 2.45. The first-order valence-electron chi connectivity index (χ1n) is 5.09. The van der Waals surface area contributed by atoms with Crippen LogP contribution in [0.15, 0.2) is 0 Å². The smallest absolute Gasteiger partial charge is 0.0579 e. The Morgan fingerprint density at radius 1 is 1.46 bits per heavy atom. The molecule has 0 aliphatic carbocycles. The molecule has 2 saturated heterocycles. The van der Waals surface area contributed by atoms with Crippen molar-refractivity contribution in [3.05, 3.63) is 0 Å². The second-order valence-electron chi connectivity index (χ2n) is 4.80. The number of hydrogen-bond acceptors (Lipinski definition) is 3. The zero-order valence-corrected chi connectivity index (χ0v) is 8.49.